The molecule has 0 bridgehead atoms. The third-order valence-electron chi connectivity index (χ3n) is 5.29. The molecule has 0 fully saturated rings. The molecule has 0 unspecified atom stereocenters. The number of carbonyl (C=O) groups excluding carboxylic acids is 2. The topological polar surface area (TPSA) is 151 Å². The molecule has 1 amide bonds. The number of Topliss-reactive ketones (excluding diaryl/α,β-unsaturated/α-hetero) is 1. The van der Waals surface area contributed by atoms with E-state index in [9.17, 15) is 27.9 Å². The van der Waals surface area contributed by atoms with E-state index in [1.165, 1.54) is 36.8 Å². The smallest absolute Gasteiger partial charge is 0.326 e. The molecule has 34 heavy (non-hydrogen) atoms. The number of carboxylic acid groups (broad SMARTS) is 1. The average molecular weight is 481 g/mol. The standard InChI is InChI=1S/C23H20N4O6S/c1-14-6-8-16(9-7-14)34(32,33)27-12-18(17-4-2-3-5-20(17)27)21(28)22(29)26-19(23(30)31)10-15-11-24-13-25-15/h2-9,11-13,19H,10H2,1H3,(H,24,25)(H,26,29)(H,30,31)/t19-/m1/s1. The van der Waals surface area contributed by atoms with Gasteiger partial charge in [0.25, 0.3) is 21.7 Å². The van der Waals surface area contributed by atoms with Crippen LogP contribution in [-0.2, 0) is 26.0 Å². The van der Waals surface area contributed by atoms with Gasteiger partial charge in [-0.15, -0.1) is 0 Å². The highest BCUT2D eigenvalue weighted by Crippen LogP contribution is 2.26. The van der Waals surface area contributed by atoms with Crippen molar-refractivity contribution in [2.45, 2.75) is 24.3 Å². The number of fused-ring (bicyclic) bond motifs is 1. The lowest BCUT2D eigenvalue weighted by atomic mass is 10.1. The van der Waals surface area contributed by atoms with Crippen molar-refractivity contribution in [1.82, 2.24) is 19.3 Å². The maximum absolute atomic E-state index is 13.3. The number of ketones is 1. The van der Waals surface area contributed by atoms with Crippen molar-refractivity contribution in [3.63, 3.8) is 0 Å². The van der Waals surface area contributed by atoms with Crippen molar-refractivity contribution < 1.29 is 27.9 Å². The van der Waals surface area contributed by atoms with E-state index in [-0.39, 0.29) is 27.8 Å². The first-order chi connectivity index (χ1) is 16.2. The molecule has 10 nitrogen and oxygen atoms in total. The summed E-state index contributed by atoms with van der Waals surface area (Å²) < 4.78 is 27.5. The molecule has 0 aliphatic carbocycles. The van der Waals surface area contributed by atoms with E-state index in [0.717, 1.165) is 15.7 Å². The fourth-order valence-corrected chi connectivity index (χ4v) is 4.89. The highest BCUT2D eigenvalue weighted by molar-refractivity contribution is 7.90. The molecular formula is C23H20N4O6S. The Labute approximate surface area is 194 Å². The maximum Gasteiger partial charge on any atom is 0.326 e. The van der Waals surface area contributed by atoms with Crippen molar-refractivity contribution in [2.75, 3.05) is 0 Å². The minimum atomic E-state index is -4.06. The molecule has 2 aromatic carbocycles. The number of nitrogens with one attached hydrogen (secondary N) is 2. The van der Waals surface area contributed by atoms with Crippen molar-refractivity contribution in [1.29, 1.82) is 0 Å². The van der Waals surface area contributed by atoms with Crippen LogP contribution in [0.3, 0.4) is 0 Å². The Hall–Kier alpha value is -4.25. The second-order valence-electron chi connectivity index (χ2n) is 7.65. The molecule has 0 saturated carbocycles. The number of hydrogen-bond acceptors (Lipinski definition) is 6. The molecular weight excluding hydrogens is 460 g/mol. The molecule has 174 valence electrons. The third kappa shape index (κ3) is 4.33. The lowest BCUT2D eigenvalue weighted by Gasteiger charge is -2.12. The molecule has 4 aromatic rings. The van der Waals surface area contributed by atoms with Gasteiger partial charge < -0.3 is 15.4 Å². The Morgan fingerprint density at radius 2 is 1.82 bits per heavy atom. The number of aromatic nitrogens is 3. The van der Waals surface area contributed by atoms with Crippen LogP contribution >= 0.6 is 0 Å². The number of aryl methyl sites for hydroxylation is 1. The van der Waals surface area contributed by atoms with Gasteiger partial charge >= 0.3 is 5.97 Å². The molecule has 4 rings (SSSR count). The third-order valence-corrected chi connectivity index (χ3v) is 6.98. The maximum atomic E-state index is 13.3. The van der Waals surface area contributed by atoms with Gasteiger partial charge in [-0.2, -0.15) is 0 Å². The number of benzene rings is 2. The largest absolute Gasteiger partial charge is 0.480 e. The molecule has 1 atom stereocenters. The Kier molecular flexibility index (Phi) is 6.03. The quantitative estimate of drug-likeness (QED) is 0.257. The summed E-state index contributed by atoms with van der Waals surface area (Å²) >= 11 is 0. The van der Waals surface area contributed by atoms with E-state index in [1.54, 1.807) is 24.3 Å². The van der Waals surface area contributed by atoms with Crippen molar-refractivity contribution >= 4 is 38.6 Å². The second kappa shape index (κ2) is 8.94. The fourth-order valence-electron chi connectivity index (χ4n) is 3.52. The Morgan fingerprint density at radius 3 is 2.47 bits per heavy atom. The van der Waals surface area contributed by atoms with E-state index in [0.29, 0.717) is 5.69 Å². The van der Waals surface area contributed by atoms with E-state index in [2.05, 4.69) is 15.3 Å². The van der Waals surface area contributed by atoms with E-state index in [4.69, 9.17) is 0 Å². The summed E-state index contributed by atoms with van der Waals surface area (Å²) in [5.41, 5.74) is 1.40. The lowest BCUT2D eigenvalue weighted by molar-refractivity contribution is -0.141. The number of rotatable bonds is 8. The number of hydrogen-bond donors (Lipinski definition) is 3. The summed E-state index contributed by atoms with van der Waals surface area (Å²) in [6.45, 7) is 1.83. The summed E-state index contributed by atoms with van der Waals surface area (Å²) in [4.78, 5) is 43.9. The summed E-state index contributed by atoms with van der Waals surface area (Å²) in [6, 6.07) is 11.1. The minimum absolute atomic E-state index is 0.0211. The van der Waals surface area contributed by atoms with Crippen LogP contribution in [0.15, 0.2) is 72.1 Å². The predicted molar refractivity (Wildman–Crippen MR) is 122 cm³/mol. The number of H-pyrrole nitrogens is 1. The molecule has 2 aromatic heterocycles. The summed E-state index contributed by atoms with van der Waals surface area (Å²) in [5.74, 6) is -3.55. The van der Waals surface area contributed by atoms with Crippen molar-refractivity contribution in [2.24, 2.45) is 0 Å². The molecule has 0 radical (unpaired) electrons. The van der Waals surface area contributed by atoms with E-state index in [1.807, 2.05) is 6.92 Å². The van der Waals surface area contributed by atoms with Gasteiger partial charge in [0, 0.05) is 29.9 Å². The van der Waals surface area contributed by atoms with Crippen molar-refractivity contribution in [3.8, 4) is 0 Å². The van der Waals surface area contributed by atoms with E-state index >= 15 is 0 Å². The Balaban J connectivity index is 1.69. The highest BCUT2D eigenvalue weighted by Gasteiger charge is 2.29. The second-order valence-corrected chi connectivity index (χ2v) is 9.46. The summed E-state index contributed by atoms with van der Waals surface area (Å²) in [5, 5.41) is 11.9. The molecule has 0 spiro atoms. The van der Waals surface area contributed by atoms with Crippen LogP contribution in [0.5, 0.6) is 0 Å². The summed E-state index contributed by atoms with van der Waals surface area (Å²) in [7, 11) is -4.06. The van der Waals surface area contributed by atoms with Crippen molar-refractivity contribution in [3.05, 3.63) is 84.1 Å². The van der Waals surface area contributed by atoms with E-state index < -0.39 is 33.7 Å². The van der Waals surface area contributed by atoms with Crippen LogP contribution in [0.4, 0.5) is 0 Å². The number of para-hydroxylation sites is 1. The van der Waals surface area contributed by atoms with Gasteiger partial charge in [-0.05, 0) is 25.1 Å². The molecule has 11 heteroatoms. The first-order valence-corrected chi connectivity index (χ1v) is 11.6. The number of aromatic amines is 1. The molecule has 0 aliphatic heterocycles. The van der Waals surface area contributed by atoms with Crippen LogP contribution in [0.25, 0.3) is 10.9 Å². The van der Waals surface area contributed by atoms with Crippen LogP contribution in [0.2, 0.25) is 0 Å². The Morgan fingerprint density at radius 1 is 1.12 bits per heavy atom. The monoisotopic (exact) mass is 480 g/mol. The zero-order valence-electron chi connectivity index (χ0n) is 17.9. The van der Waals surface area contributed by atoms with Gasteiger partial charge in [0.05, 0.1) is 22.3 Å². The SMILES string of the molecule is Cc1ccc(S(=O)(=O)n2cc(C(=O)C(=O)N[C@H](Cc3cnc[nH]3)C(=O)O)c3ccccc32)cc1. The summed E-state index contributed by atoms with van der Waals surface area (Å²) in [6.07, 6.45) is 3.75. The fraction of sp³-hybridized carbons (Fsp3) is 0.130. The number of carbonyl (C=O) groups is 3. The van der Waals surface area contributed by atoms with Crippen LogP contribution in [0.1, 0.15) is 21.6 Å². The molecule has 0 aliphatic rings. The number of amides is 1. The highest BCUT2D eigenvalue weighted by atomic mass is 32.2. The predicted octanol–water partition coefficient (Wildman–Crippen LogP) is 1.90. The van der Waals surface area contributed by atoms with Crippen LogP contribution < -0.4 is 5.32 Å². The zero-order valence-corrected chi connectivity index (χ0v) is 18.7. The van der Waals surface area contributed by atoms with Gasteiger partial charge in [-0.1, -0.05) is 35.9 Å². The first-order valence-electron chi connectivity index (χ1n) is 10.2. The van der Waals surface area contributed by atoms with Crippen LogP contribution in [0, 0.1) is 6.92 Å². The Bertz CT molecular complexity index is 1490. The average Bonchev–Trinajstić information content (AvgIpc) is 3.46. The van der Waals surface area contributed by atoms with Gasteiger partial charge in [0.1, 0.15) is 6.04 Å². The normalized spacial score (nSPS) is 12.4. The van der Waals surface area contributed by atoms with Crippen LogP contribution in [-0.4, -0.2) is 51.2 Å². The number of aliphatic carboxylic acids is 1. The molecule has 3 N–H and O–H groups in total. The number of imidazole rings is 1. The minimum Gasteiger partial charge on any atom is -0.480 e. The van der Waals surface area contributed by atoms with Gasteiger partial charge in [-0.25, -0.2) is 22.2 Å². The lowest BCUT2D eigenvalue weighted by Crippen LogP contribution is -2.45. The molecule has 2 heterocycles. The van der Waals surface area contributed by atoms with Gasteiger partial charge in [-0.3, -0.25) is 9.59 Å². The zero-order chi connectivity index (χ0) is 24.5. The number of nitrogens with zero attached hydrogens (tertiary/aromatic N) is 2. The van der Waals surface area contributed by atoms with Gasteiger partial charge in [0.2, 0.25) is 0 Å². The van der Waals surface area contributed by atoms with Gasteiger partial charge in [0.15, 0.2) is 0 Å². The first kappa shape index (κ1) is 22.9. The molecule has 0 saturated heterocycles. The number of carboxylic acids is 1.